The minimum atomic E-state index is 0.230. The second-order valence-corrected chi connectivity index (χ2v) is 4.55. The molecule has 0 atom stereocenters. The first-order valence-electron chi connectivity index (χ1n) is 5.67. The molecule has 0 radical (unpaired) electrons. The highest BCUT2D eigenvalue weighted by Gasteiger charge is 2.12. The molecule has 1 aromatic rings. The van der Waals surface area contributed by atoms with Gasteiger partial charge in [0.15, 0.2) is 0 Å². The molecule has 88 valence electrons. The molecule has 0 bridgehead atoms. The summed E-state index contributed by atoms with van der Waals surface area (Å²) < 4.78 is 0. The van der Waals surface area contributed by atoms with Gasteiger partial charge in [-0.15, -0.1) is 6.58 Å². The predicted octanol–water partition coefficient (Wildman–Crippen LogP) is 3.45. The third kappa shape index (κ3) is 4.19. The first-order valence-corrected chi connectivity index (χ1v) is 6.62. The fourth-order valence-electron chi connectivity index (χ4n) is 1.55. The molecule has 1 aromatic heterocycles. The highest BCUT2D eigenvalue weighted by molar-refractivity contribution is 7.07. The van der Waals surface area contributed by atoms with E-state index >= 15 is 0 Å². The molecular formula is C13H19NOS. The number of carbonyl (C=O) groups excluding carboxylic acids is 1. The summed E-state index contributed by atoms with van der Waals surface area (Å²) in [7, 11) is 0. The van der Waals surface area contributed by atoms with Gasteiger partial charge in [0.25, 0.3) is 0 Å². The van der Waals surface area contributed by atoms with E-state index in [0.29, 0.717) is 6.42 Å². The Morgan fingerprint density at radius 1 is 1.62 bits per heavy atom. The number of nitrogens with zero attached hydrogens (tertiary/aromatic N) is 1. The molecule has 0 fully saturated rings. The number of hydrogen-bond donors (Lipinski definition) is 0. The maximum absolute atomic E-state index is 11.9. The van der Waals surface area contributed by atoms with Crippen LogP contribution >= 0.6 is 11.3 Å². The van der Waals surface area contributed by atoms with Gasteiger partial charge in [0.2, 0.25) is 5.91 Å². The van der Waals surface area contributed by atoms with Crippen molar-refractivity contribution in [1.82, 2.24) is 4.90 Å². The van der Waals surface area contributed by atoms with Crippen molar-refractivity contribution in [2.24, 2.45) is 0 Å². The number of rotatable bonds is 7. The molecule has 0 aromatic carbocycles. The zero-order chi connectivity index (χ0) is 11.8. The van der Waals surface area contributed by atoms with E-state index in [-0.39, 0.29) is 5.91 Å². The zero-order valence-corrected chi connectivity index (χ0v) is 10.6. The van der Waals surface area contributed by atoms with Gasteiger partial charge in [0, 0.05) is 19.5 Å². The van der Waals surface area contributed by atoms with Crippen LogP contribution in [0.25, 0.3) is 0 Å². The Hall–Kier alpha value is -1.09. The van der Waals surface area contributed by atoms with Crippen molar-refractivity contribution >= 4 is 17.2 Å². The molecule has 2 nitrogen and oxygen atoms in total. The number of allylic oxidation sites excluding steroid dienone is 1. The van der Waals surface area contributed by atoms with Crippen LogP contribution in [0, 0.1) is 0 Å². The van der Waals surface area contributed by atoms with Crippen molar-refractivity contribution in [2.75, 3.05) is 6.54 Å². The average Bonchev–Trinajstić information content (AvgIpc) is 2.78. The van der Waals surface area contributed by atoms with Crippen LogP contribution in [0.4, 0.5) is 0 Å². The minimum absolute atomic E-state index is 0.230. The van der Waals surface area contributed by atoms with E-state index < -0.39 is 0 Å². The molecule has 0 aliphatic heterocycles. The maximum Gasteiger partial charge on any atom is 0.223 e. The lowest BCUT2D eigenvalue weighted by atomic mass is 10.2. The predicted molar refractivity (Wildman–Crippen MR) is 69.5 cm³/mol. The lowest BCUT2D eigenvalue weighted by Crippen LogP contribution is -2.30. The molecule has 3 heteroatoms. The van der Waals surface area contributed by atoms with Crippen molar-refractivity contribution in [1.29, 1.82) is 0 Å². The second kappa shape index (κ2) is 7.23. The minimum Gasteiger partial charge on any atom is -0.338 e. The van der Waals surface area contributed by atoms with Crippen LogP contribution in [0.2, 0.25) is 0 Å². The molecule has 1 amide bonds. The third-order valence-electron chi connectivity index (χ3n) is 2.36. The van der Waals surface area contributed by atoms with Gasteiger partial charge in [-0.25, -0.2) is 0 Å². The summed E-state index contributed by atoms with van der Waals surface area (Å²) in [6.45, 7) is 7.33. The summed E-state index contributed by atoms with van der Waals surface area (Å²) in [6, 6.07) is 2.08. The summed E-state index contributed by atoms with van der Waals surface area (Å²) in [5, 5.41) is 4.15. The van der Waals surface area contributed by atoms with Crippen LogP contribution < -0.4 is 0 Å². The van der Waals surface area contributed by atoms with E-state index in [1.165, 1.54) is 5.56 Å². The molecule has 0 spiro atoms. The van der Waals surface area contributed by atoms with E-state index in [0.717, 1.165) is 25.9 Å². The monoisotopic (exact) mass is 237 g/mol. The average molecular weight is 237 g/mol. The Labute approximate surface area is 102 Å². The molecule has 0 saturated carbocycles. The zero-order valence-electron chi connectivity index (χ0n) is 9.82. The van der Waals surface area contributed by atoms with E-state index in [1.54, 1.807) is 17.4 Å². The van der Waals surface area contributed by atoms with Crippen LogP contribution in [-0.4, -0.2) is 17.4 Å². The smallest absolute Gasteiger partial charge is 0.223 e. The second-order valence-electron chi connectivity index (χ2n) is 3.77. The van der Waals surface area contributed by atoms with Crippen molar-refractivity contribution in [3.8, 4) is 0 Å². The third-order valence-corrected chi connectivity index (χ3v) is 3.09. The lowest BCUT2D eigenvalue weighted by molar-refractivity contribution is -0.131. The highest BCUT2D eigenvalue weighted by atomic mass is 32.1. The SMILES string of the molecule is C=CCCC(=O)N(CCC)Cc1ccsc1. The van der Waals surface area contributed by atoms with Crippen molar-refractivity contribution in [2.45, 2.75) is 32.7 Å². The van der Waals surface area contributed by atoms with Crippen molar-refractivity contribution in [3.05, 3.63) is 35.0 Å². The number of hydrogen-bond acceptors (Lipinski definition) is 2. The number of thiophene rings is 1. The number of carbonyl (C=O) groups is 1. The molecule has 0 N–H and O–H groups in total. The quantitative estimate of drug-likeness (QED) is 0.665. The van der Waals surface area contributed by atoms with Gasteiger partial charge in [0.05, 0.1) is 0 Å². The highest BCUT2D eigenvalue weighted by Crippen LogP contribution is 2.11. The molecule has 1 heterocycles. The van der Waals surface area contributed by atoms with E-state index in [9.17, 15) is 4.79 Å². The fraction of sp³-hybridized carbons (Fsp3) is 0.462. The fourth-order valence-corrected chi connectivity index (χ4v) is 2.21. The molecule has 0 aliphatic carbocycles. The summed E-state index contributed by atoms with van der Waals surface area (Å²) in [4.78, 5) is 13.8. The van der Waals surface area contributed by atoms with Crippen LogP contribution in [0.1, 0.15) is 31.7 Å². The summed E-state index contributed by atoms with van der Waals surface area (Å²) >= 11 is 1.68. The molecule has 16 heavy (non-hydrogen) atoms. The van der Waals surface area contributed by atoms with E-state index in [1.807, 2.05) is 10.3 Å². The number of amides is 1. The van der Waals surface area contributed by atoms with Crippen molar-refractivity contribution < 1.29 is 4.79 Å². The Kier molecular flexibility index (Phi) is 5.86. The normalized spacial score (nSPS) is 10.1. The molecule has 0 aliphatic rings. The van der Waals surface area contributed by atoms with Gasteiger partial charge in [0.1, 0.15) is 0 Å². The largest absolute Gasteiger partial charge is 0.338 e. The molecule has 0 saturated heterocycles. The van der Waals surface area contributed by atoms with Crippen molar-refractivity contribution in [3.63, 3.8) is 0 Å². The van der Waals surface area contributed by atoms with Gasteiger partial charge in [-0.3, -0.25) is 4.79 Å². The van der Waals surface area contributed by atoms with Gasteiger partial charge in [-0.05, 0) is 35.2 Å². The van der Waals surface area contributed by atoms with Crippen LogP contribution in [0.5, 0.6) is 0 Å². The molecule has 0 unspecified atom stereocenters. The summed E-state index contributed by atoms with van der Waals surface area (Å²) in [5.74, 6) is 0.230. The Balaban J connectivity index is 2.52. The summed E-state index contributed by atoms with van der Waals surface area (Å²) in [6.07, 6.45) is 4.15. The van der Waals surface area contributed by atoms with Gasteiger partial charge < -0.3 is 4.90 Å². The van der Waals surface area contributed by atoms with Gasteiger partial charge in [-0.2, -0.15) is 11.3 Å². The first-order chi connectivity index (χ1) is 7.77. The Morgan fingerprint density at radius 2 is 2.44 bits per heavy atom. The Morgan fingerprint density at radius 3 is 3.00 bits per heavy atom. The van der Waals surface area contributed by atoms with E-state index in [4.69, 9.17) is 0 Å². The molecular weight excluding hydrogens is 218 g/mol. The van der Waals surface area contributed by atoms with Crippen LogP contribution in [0.15, 0.2) is 29.5 Å². The topological polar surface area (TPSA) is 20.3 Å². The van der Waals surface area contributed by atoms with Gasteiger partial charge in [-0.1, -0.05) is 13.0 Å². The van der Waals surface area contributed by atoms with Gasteiger partial charge >= 0.3 is 0 Å². The molecule has 1 rings (SSSR count). The maximum atomic E-state index is 11.9. The van der Waals surface area contributed by atoms with Crippen LogP contribution in [-0.2, 0) is 11.3 Å². The Bertz CT molecular complexity index is 319. The summed E-state index contributed by atoms with van der Waals surface area (Å²) in [5.41, 5.74) is 1.23. The first kappa shape index (κ1) is 13.0. The van der Waals surface area contributed by atoms with E-state index in [2.05, 4.69) is 24.9 Å². The standard InChI is InChI=1S/C13H19NOS/c1-3-5-6-13(15)14(8-4-2)10-12-7-9-16-11-12/h3,7,9,11H,1,4-6,8,10H2,2H3. The lowest BCUT2D eigenvalue weighted by Gasteiger charge is -2.21. The van der Waals surface area contributed by atoms with Crippen LogP contribution in [0.3, 0.4) is 0 Å².